The van der Waals surface area contributed by atoms with Crippen LogP contribution >= 0.6 is 0 Å². The number of hydrogen-bond donors (Lipinski definition) is 2. The average molecular weight is 239 g/mol. The van der Waals surface area contributed by atoms with Crippen LogP contribution in [-0.4, -0.2) is 32.8 Å². The van der Waals surface area contributed by atoms with Gasteiger partial charge in [-0.2, -0.15) is 5.10 Å². The third-order valence-corrected chi connectivity index (χ3v) is 2.46. The highest BCUT2D eigenvalue weighted by Gasteiger charge is 2.19. The van der Waals surface area contributed by atoms with Crippen LogP contribution in [0.1, 0.15) is 42.9 Å². The van der Waals surface area contributed by atoms with Crippen molar-refractivity contribution in [3.8, 4) is 0 Å². The van der Waals surface area contributed by atoms with Crippen LogP contribution in [0.3, 0.4) is 0 Å². The molecule has 0 radical (unpaired) electrons. The molecule has 1 rings (SSSR count). The Morgan fingerprint density at radius 3 is 2.41 bits per heavy atom. The first kappa shape index (κ1) is 13.2. The number of aliphatic carboxylic acids is 1. The number of carbonyl (C=O) groups is 2. The maximum Gasteiger partial charge on any atom is 0.325 e. The van der Waals surface area contributed by atoms with E-state index in [1.54, 1.807) is 17.8 Å². The highest BCUT2D eigenvalue weighted by Crippen LogP contribution is 2.14. The van der Waals surface area contributed by atoms with E-state index in [1.807, 2.05) is 13.8 Å². The highest BCUT2D eigenvalue weighted by molar-refractivity contribution is 5.94. The molecule has 1 atom stereocenters. The second-order valence-corrected chi connectivity index (χ2v) is 4.27. The van der Waals surface area contributed by atoms with Crippen LogP contribution in [-0.2, 0) is 11.8 Å². The highest BCUT2D eigenvalue weighted by atomic mass is 16.4. The van der Waals surface area contributed by atoms with E-state index in [4.69, 9.17) is 5.11 Å². The molecule has 0 bridgehead atoms. The summed E-state index contributed by atoms with van der Waals surface area (Å²) in [6.45, 7) is 5.41. The number of rotatable bonds is 4. The summed E-state index contributed by atoms with van der Waals surface area (Å²) in [5.41, 5.74) is 1.17. The van der Waals surface area contributed by atoms with Gasteiger partial charge in [0.25, 0.3) is 5.91 Å². The Balaban J connectivity index is 2.83. The minimum absolute atomic E-state index is 0.240. The minimum atomic E-state index is -1.07. The average Bonchev–Trinajstić information content (AvgIpc) is 2.60. The summed E-state index contributed by atoms with van der Waals surface area (Å²) in [7, 11) is 1.76. The van der Waals surface area contributed by atoms with Gasteiger partial charge in [0.05, 0.1) is 0 Å². The maximum atomic E-state index is 11.7. The quantitative estimate of drug-likeness (QED) is 0.811. The molecule has 1 heterocycles. The van der Waals surface area contributed by atoms with Crippen molar-refractivity contribution >= 4 is 11.9 Å². The molecule has 0 unspecified atom stereocenters. The number of aromatic nitrogens is 2. The van der Waals surface area contributed by atoms with Crippen molar-refractivity contribution in [2.24, 2.45) is 7.05 Å². The van der Waals surface area contributed by atoms with Crippen LogP contribution in [0, 0.1) is 0 Å². The van der Waals surface area contributed by atoms with E-state index in [0.717, 1.165) is 5.69 Å². The first-order chi connectivity index (χ1) is 7.82. The number of aryl methyl sites for hydroxylation is 1. The first-order valence-electron chi connectivity index (χ1n) is 5.40. The summed E-state index contributed by atoms with van der Waals surface area (Å²) in [6, 6.07) is 0.751. The Labute approximate surface area is 99.6 Å². The van der Waals surface area contributed by atoms with Crippen LogP contribution in [0.25, 0.3) is 0 Å². The molecular weight excluding hydrogens is 222 g/mol. The van der Waals surface area contributed by atoms with Gasteiger partial charge < -0.3 is 10.4 Å². The molecule has 2 N–H and O–H groups in total. The topological polar surface area (TPSA) is 84.2 Å². The normalized spacial score (nSPS) is 12.5. The fourth-order valence-electron chi connectivity index (χ4n) is 1.47. The van der Waals surface area contributed by atoms with Crippen LogP contribution in [0.5, 0.6) is 0 Å². The third kappa shape index (κ3) is 3.05. The van der Waals surface area contributed by atoms with Crippen molar-refractivity contribution in [1.82, 2.24) is 15.1 Å². The molecule has 1 aromatic rings. The minimum Gasteiger partial charge on any atom is -0.480 e. The number of hydrogen-bond acceptors (Lipinski definition) is 3. The molecule has 0 spiro atoms. The second kappa shape index (κ2) is 4.99. The lowest BCUT2D eigenvalue weighted by atomic mass is 10.1. The van der Waals surface area contributed by atoms with Crippen LogP contribution in [0.2, 0.25) is 0 Å². The number of carbonyl (C=O) groups excluding carboxylic acids is 1. The van der Waals surface area contributed by atoms with Gasteiger partial charge in [-0.05, 0) is 18.9 Å². The van der Waals surface area contributed by atoms with Crippen molar-refractivity contribution < 1.29 is 14.7 Å². The SMILES string of the molecule is CC(C)c1cc(C(=O)N[C@@H](C)C(=O)O)nn1C. The Morgan fingerprint density at radius 2 is 2.00 bits per heavy atom. The summed E-state index contributed by atoms with van der Waals surface area (Å²) in [5, 5.41) is 15.1. The number of carboxylic acid groups (broad SMARTS) is 1. The summed E-state index contributed by atoms with van der Waals surface area (Å²) >= 11 is 0. The van der Waals surface area contributed by atoms with E-state index in [9.17, 15) is 9.59 Å². The second-order valence-electron chi connectivity index (χ2n) is 4.27. The fraction of sp³-hybridized carbons (Fsp3) is 0.545. The van der Waals surface area contributed by atoms with Crippen LogP contribution in [0.4, 0.5) is 0 Å². The standard InChI is InChI=1S/C11H17N3O3/c1-6(2)9-5-8(13-14(9)4)10(15)12-7(3)11(16)17/h5-7H,1-4H3,(H,12,15)(H,16,17)/t7-/m0/s1. The van der Waals surface area contributed by atoms with E-state index in [2.05, 4.69) is 10.4 Å². The predicted molar refractivity (Wildman–Crippen MR) is 61.9 cm³/mol. The van der Waals surface area contributed by atoms with E-state index in [-0.39, 0.29) is 11.6 Å². The van der Waals surface area contributed by atoms with E-state index in [1.165, 1.54) is 6.92 Å². The molecule has 6 heteroatoms. The zero-order chi connectivity index (χ0) is 13.2. The first-order valence-corrected chi connectivity index (χ1v) is 5.40. The molecule has 1 amide bonds. The van der Waals surface area contributed by atoms with E-state index < -0.39 is 17.9 Å². The Kier molecular flexibility index (Phi) is 3.88. The van der Waals surface area contributed by atoms with Gasteiger partial charge >= 0.3 is 5.97 Å². The zero-order valence-corrected chi connectivity index (χ0v) is 10.4. The zero-order valence-electron chi connectivity index (χ0n) is 10.4. The molecule has 0 saturated heterocycles. The summed E-state index contributed by atoms with van der Waals surface area (Å²) < 4.78 is 1.63. The Bertz CT molecular complexity index is 437. The Morgan fingerprint density at radius 1 is 1.41 bits per heavy atom. The van der Waals surface area contributed by atoms with Crippen molar-refractivity contribution in [1.29, 1.82) is 0 Å². The van der Waals surface area contributed by atoms with Crippen molar-refractivity contribution in [3.63, 3.8) is 0 Å². The molecule has 94 valence electrons. The summed E-state index contributed by atoms with van der Waals surface area (Å²) in [4.78, 5) is 22.3. The van der Waals surface area contributed by atoms with Gasteiger partial charge in [-0.3, -0.25) is 14.3 Å². The summed E-state index contributed by atoms with van der Waals surface area (Å²) in [5.74, 6) is -1.29. The maximum absolute atomic E-state index is 11.7. The summed E-state index contributed by atoms with van der Waals surface area (Å²) in [6.07, 6.45) is 0. The smallest absolute Gasteiger partial charge is 0.325 e. The third-order valence-electron chi connectivity index (χ3n) is 2.46. The van der Waals surface area contributed by atoms with Crippen molar-refractivity contribution in [3.05, 3.63) is 17.5 Å². The molecule has 1 aromatic heterocycles. The lowest BCUT2D eigenvalue weighted by Crippen LogP contribution is -2.38. The molecule has 0 saturated carbocycles. The largest absolute Gasteiger partial charge is 0.480 e. The molecule has 0 fully saturated rings. The Hall–Kier alpha value is -1.85. The number of amides is 1. The lowest BCUT2D eigenvalue weighted by molar-refractivity contribution is -0.138. The van der Waals surface area contributed by atoms with Gasteiger partial charge in [0, 0.05) is 12.7 Å². The molecular formula is C11H17N3O3. The predicted octanol–water partition coefficient (Wildman–Crippen LogP) is 0.746. The molecule has 6 nitrogen and oxygen atoms in total. The number of nitrogens with one attached hydrogen (secondary N) is 1. The molecule has 17 heavy (non-hydrogen) atoms. The van der Waals surface area contributed by atoms with Gasteiger partial charge in [-0.1, -0.05) is 13.8 Å². The van der Waals surface area contributed by atoms with E-state index >= 15 is 0 Å². The van der Waals surface area contributed by atoms with Crippen molar-refractivity contribution in [2.75, 3.05) is 0 Å². The van der Waals surface area contributed by atoms with Gasteiger partial charge in [0.1, 0.15) is 11.7 Å². The molecule has 0 aliphatic carbocycles. The number of carboxylic acids is 1. The molecule has 0 aromatic carbocycles. The van der Waals surface area contributed by atoms with Gasteiger partial charge in [-0.25, -0.2) is 0 Å². The van der Waals surface area contributed by atoms with Gasteiger partial charge in [0.2, 0.25) is 0 Å². The number of nitrogens with zero attached hydrogens (tertiary/aromatic N) is 2. The van der Waals surface area contributed by atoms with Gasteiger partial charge in [0.15, 0.2) is 0 Å². The van der Waals surface area contributed by atoms with E-state index in [0.29, 0.717) is 0 Å². The van der Waals surface area contributed by atoms with Crippen LogP contribution < -0.4 is 5.32 Å². The molecule has 0 aliphatic rings. The van der Waals surface area contributed by atoms with Crippen molar-refractivity contribution in [2.45, 2.75) is 32.7 Å². The van der Waals surface area contributed by atoms with Crippen LogP contribution in [0.15, 0.2) is 6.07 Å². The lowest BCUT2D eigenvalue weighted by Gasteiger charge is -2.06. The van der Waals surface area contributed by atoms with Gasteiger partial charge in [-0.15, -0.1) is 0 Å². The molecule has 0 aliphatic heterocycles. The monoisotopic (exact) mass is 239 g/mol. The fourth-order valence-corrected chi connectivity index (χ4v) is 1.47.